The van der Waals surface area contributed by atoms with Crippen LogP contribution >= 0.6 is 23.6 Å². The Bertz CT molecular complexity index is 378. The first kappa shape index (κ1) is 12.8. The summed E-state index contributed by atoms with van der Waals surface area (Å²) in [6.45, 7) is 3.66. The van der Waals surface area contributed by atoms with Crippen molar-refractivity contribution in [2.45, 2.75) is 19.4 Å². The molecule has 0 aliphatic carbocycles. The number of thiophene rings is 1. The highest BCUT2D eigenvalue weighted by atomic mass is 32.1. The highest BCUT2D eigenvalue weighted by molar-refractivity contribution is 7.80. The Morgan fingerprint density at radius 1 is 1.65 bits per heavy atom. The summed E-state index contributed by atoms with van der Waals surface area (Å²) in [5.74, 6) is 0. The predicted molar refractivity (Wildman–Crippen MR) is 75.5 cm³/mol. The summed E-state index contributed by atoms with van der Waals surface area (Å²) in [6.07, 6.45) is 2.11. The lowest BCUT2D eigenvalue weighted by molar-refractivity contribution is 0.195. The predicted octanol–water partition coefficient (Wildman–Crippen LogP) is 2.02. The van der Waals surface area contributed by atoms with Crippen LogP contribution in [0.25, 0.3) is 0 Å². The van der Waals surface area contributed by atoms with Crippen molar-refractivity contribution in [3.63, 3.8) is 0 Å². The number of ether oxygens (including phenoxy) is 1. The van der Waals surface area contributed by atoms with E-state index in [4.69, 9.17) is 17.0 Å². The molecule has 3 nitrogen and oxygen atoms in total. The van der Waals surface area contributed by atoms with Gasteiger partial charge in [0.15, 0.2) is 5.11 Å². The van der Waals surface area contributed by atoms with Crippen molar-refractivity contribution in [1.29, 1.82) is 0 Å². The van der Waals surface area contributed by atoms with Gasteiger partial charge in [-0.1, -0.05) is 0 Å². The van der Waals surface area contributed by atoms with Crippen LogP contribution in [-0.4, -0.2) is 36.8 Å². The molecule has 0 amide bonds. The van der Waals surface area contributed by atoms with Crippen LogP contribution in [0.3, 0.4) is 0 Å². The van der Waals surface area contributed by atoms with Crippen molar-refractivity contribution >= 4 is 28.7 Å². The second-order valence-electron chi connectivity index (χ2n) is 4.12. The maximum Gasteiger partial charge on any atom is 0.169 e. The van der Waals surface area contributed by atoms with E-state index < -0.39 is 0 Å². The molecule has 1 aromatic heterocycles. The van der Waals surface area contributed by atoms with E-state index in [-0.39, 0.29) is 0 Å². The molecule has 1 aliphatic heterocycles. The van der Waals surface area contributed by atoms with Gasteiger partial charge in [-0.2, -0.15) is 0 Å². The molecular weight excluding hydrogens is 252 g/mol. The molecule has 0 aromatic carbocycles. The normalized spacial score (nSPS) is 14.5. The van der Waals surface area contributed by atoms with Crippen molar-refractivity contribution in [3.05, 3.63) is 21.9 Å². The molecule has 2 rings (SSSR count). The monoisotopic (exact) mass is 270 g/mol. The maximum atomic E-state index is 5.40. The molecule has 0 unspecified atom stereocenters. The standard InChI is InChI=1S/C12H18N2OS2/c1-15-7-2-5-13-12(16)14-6-3-11-10(9-14)4-8-17-11/h4,8H,2-3,5-7,9H2,1H3,(H,13,16). The topological polar surface area (TPSA) is 24.5 Å². The van der Waals surface area contributed by atoms with E-state index in [1.807, 2.05) is 11.3 Å². The summed E-state index contributed by atoms with van der Waals surface area (Å²) in [6, 6.07) is 2.21. The third-order valence-corrected chi connectivity index (χ3v) is 4.32. The number of thiocarbonyl (C=S) groups is 1. The summed E-state index contributed by atoms with van der Waals surface area (Å²) in [5.41, 5.74) is 1.43. The molecule has 1 aliphatic rings. The molecule has 2 heterocycles. The van der Waals surface area contributed by atoms with Crippen LogP contribution in [0.1, 0.15) is 16.9 Å². The molecule has 1 aromatic rings. The van der Waals surface area contributed by atoms with E-state index in [0.29, 0.717) is 0 Å². The van der Waals surface area contributed by atoms with Crippen molar-refractivity contribution in [1.82, 2.24) is 10.2 Å². The summed E-state index contributed by atoms with van der Waals surface area (Å²) < 4.78 is 5.01. The first-order valence-electron chi connectivity index (χ1n) is 5.88. The smallest absolute Gasteiger partial charge is 0.169 e. The van der Waals surface area contributed by atoms with Gasteiger partial charge in [-0.25, -0.2) is 0 Å². The van der Waals surface area contributed by atoms with Crippen LogP contribution < -0.4 is 5.32 Å². The van der Waals surface area contributed by atoms with E-state index >= 15 is 0 Å². The second-order valence-corrected chi connectivity index (χ2v) is 5.51. The van der Waals surface area contributed by atoms with E-state index in [9.17, 15) is 0 Å². The second kappa shape index (κ2) is 6.33. The van der Waals surface area contributed by atoms with E-state index in [2.05, 4.69) is 21.7 Å². The molecule has 0 radical (unpaired) electrons. The minimum absolute atomic E-state index is 0.782. The number of fused-ring (bicyclic) bond motifs is 1. The van der Waals surface area contributed by atoms with Crippen LogP contribution in [0.2, 0.25) is 0 Å². The number of nitrogens with one attached hydrogen (secondary N) is 1. The Hall–Kier alpha value is -0.650. The van der Waals surface area contributed by atoms with E-state index in [1.165, 1.54) is 10.4 Å². The van der Waals surface area contributed by atoms with Gasteiger partial charge in [0.25, 0.3) is 0 Å². The SMILES string of the molecule is COCCCNC(=S)N1CCc2sccc2C1. The Morgan fingerprint density at radius 2 is 2.53 bits per heavy atom. The van der Waals surface area contributed by atoms with Gasteiger partial charge in [0.1, 0.15) is 0 Å². The van der Waals surface area contributed by atoms with Crippen molar-refractivity contribution < 1.29 is 4.74 Å². The van der Waals surface area contributed by atoms with Gasteiger partial charge in [-0.3, -0.25) is 0 Å². The van der Waals surface area contributed by atoms with Crippen molar-refractivity contribution in [2.24, 2.45) is 0 Å². The molecule has 94 valence electrons. The fourth-order valence-corrected chi connectivity index (χ4v) is 3.09. The molecule has 0 fully saturated rings. The van der Waals surface area contributed by atoms with Crippen molar-refractivity contribution in [2.75, 3.05) is 26.8 Å². The lowest BCUT2D eigenvalue weighted by atomic mass is 10.1. The Labute approximate surface area is 112 Å². The van der Waals surface area contributed by atoms with Crippen LogP contribution in [0.15, 0.2) is 11.4 Å². The number of hydrogen-bond acceptors (Lipinski definition) is 3. The summed E-state index contributed by atoms with van der Waals surface area (Å²) in [4.78, 5) is 3.76. The number of hydrogen-bond donors (Lipinski definition) is 1. The Morgan fingerprint density at radius 3 is 3.35 bits per heavy atom. The first-order chi connectivity index (χ1) is 8.31. The van der Waals surface area contributed by atoms with Crippen molar-refractivity contribution in [3.8, 4) is 0 Å². The molecule has 5 heteroatoms. The molecule has 0 atom stereocenters. The van der Waals surface area contributed by atoms with Gasteiger partial charge in [0.2, 0.25) is 0 Å². The summed E-state index contributed by atoms with van der Waals surface area (Å²) >= 11 is 7.26. The quantitative estimate of drug-likeness (QED) is 0.668. The van der Waals surface area contributed by atoms with E-state index in [1.54, 1.807) is 7.11 Å². The van der Waals surface area contributed by atoms with Crippen LogP contribution in [0.5, 0.6) is 0 Å². The minimum Gasteiger partial charge on any atom is -0.385 e. The van der Waals surface area contributed by atoms with Crippen LogP contribution in [0.4, 0.5) is 0 Å². The average Bonchev–Trinajstić information content (AvgIpc) is 2.81. The number of rotatable bonds is 4. The molecule has 1 N–H and O–H groups in total. The van der Waals surface area contributed by atoms with Gasteiger partial charge in [0.05, 0.1) is 0 Å². The van der Waals surface area contributed by atoms with Gasteiger partial charge in [-0.15, -0.1) is 11.3 Å². The molecule has 0 spiro atoms. The summed E-state index contributed by atoms with van der Waals surface area (Å²) in [5, 5.41) is 6.33. The molecular formula is C12H18N2OS2. The van der Waals surface area contributed by atoms with Gasteiger partial charge in [0, 0.05) is 38.2 Å². The largest absolute Gasteiger partial charge is 0.385 e. The zero-order chi connectivity index (χ0) is 12.1. The first-order valence-corrected chi connectivity index (χ1v) is 7.17. The van der Waals surface area contributed by atoms with Gasteiger partial charge in [-0.05, 0) is 42.1 Å². The fourth-order valence-electron chi connectivity index (χ4n) is 1.95. The summed E-state index contributed by atoms with van der Waals surface area (Å²) in [7, 11) is 1.72. The number of methoxy groups -OCH3 is 1. The fraction of sp³-hybridized carbons (Fsp3) is 0.583. The molecule has 0 saturated heterocycles. The molecule has 0 bridgehead atoms. The Kier molecular flexibility index (Phi) is 4.76. The van der Waals surface area contributed by atoms with E-state index in [0.717, 1.165) is 44.2 Å². The van der Waals surface area contributed by atoms with Gasteiger partial charge >= 0.3 is 0 Å². The van der Waals surface area contributed by atoms with Gasteiger partial charge < -0.3 is 15.0 Å². The highest BCUT2D eigenvalue weighted by Gasteiger charge is 2.18. The zero-order valence-corrected chi connectivity index (χ0v) is 11.7. The number of nitrogens with zero attached hydrogens (tertiary/aromatic N) is 1. The lowest BCUT2D eigenvalue weighted by Gasteiger charge is -2.29. The van der Waals surface area contributed by atoms with Crippen LogP contribution in [0, 0.1) is 0 Å². The lowest BCUT2D eigenvalue weighted by Crippen LogP contribution is -2.42. The third kappa shape index (κ3) is 3.40. The van der Waals surface area contributed by atoms with Crippen LogP contribution in [-0.2, 0) is 17.7 Å². The minimum atomic E-state index is 0.782. The molecule has 0 saturated carbocycles. The maximum absolute atomic E-state index is 5.40. The highest BCUT2D eigenvalue weighted by Crippen LogP contribution is 2.23. The molecule has 17 heavy (non-hydrogen) atoms. The average molecular weight is 270 g/mol. The zero-order valence-electron chi connectivity index (χ0n) is 10.1. The third-order valence-electron chi connectivity index (χ3n) is 2.90. The Balaban J connectivity index is 1.78.